The zero-order chi connectivity index (χ0) is 11.1. The van der Waals surface area contributed by atoms with E-state index < -0.39 is 0 Å². The van der Waals surface area contributed by atoms with E-state index in [1.807, 2.05) is 0 Å². The van der Waals surface area contributed by atoms with E-state index in [9.17, 15) is 0 Å². The van der Waals surface area contributed by atoms with E-state index in [0.717, 1.165) is 23.7 Å². The lowest BCUT2D eigenvalue weighted by Gasteiger charge is -2.12. The average Bonchev–Trinajstić information content (AvgIpc) is 1.98. The number of allylic oxidation sites excluding steroid dienone is 2. The van der Waals surface area contributed by atoms with E-state index in [-0.39, 0.29) is 0 Å². The molecule has 0 aromatic rings. The van der Waals surface area contributed by atoms with Gasteiger partial charge in [0.05, 0.1) is 0 Å². The van der Waals surface area contributed by atoms with Crippen LogP contribution in [0, 0.1) is 23.7 Å². The minimum atomic E-state index is 0.740. The van der Waals surface area contributed by atoms with Gasteiger partial charge in [0.1, 0.15) is 0 Å². The van der Waals surface area contributed by atoms with E-state index in [1.165, 1.54) is 12.8 Å². The molecule has 0 heteroatoms. The first kappa shape index (κ1) is 13.7. The smallest absolute Gasteiger partial charge is 0.0259 e. The molecule has 0 spiro atoms. The van der Waals surface area contributed by atoms with Crippen molar-refractivity contribution in [2.24, 2.45) is 23.7 Å². The van der Waals surface area contributed by atoms with Crippen LogP contribution in [0.2, 0.25) is 0 Å². The molecule has 2 unspecified atom stereocenters. The molecule has 0 aliphatic carbocycles. The fourth-order valence-corrected chi connectivity index (χ4v) is 2.02. The lowest BCUT2D eigenvalue weighted by molar-refractivity contribution is 0.485. The molecule has 0 heterocycles. The summed E-state index contributed by atoms with van der Waals surface area (Å²) >= 11 is 0. The van der Waals surface area contributed by atoms with E-state index in [1.54, 1.807) is 0 Å². The maximum absolute atomic E-state index is 2.40. The van der Waals surface area contributed by atoms with Crippen molar-refractivity contribution in [2.75, 3.05) is 0 Å². The Balaban J connectivity index is 3.78. The van der Waals surface area contributed by atoms with Gasteiger partial charge in [-0.1, -0.05) is 53.7 Å². The molecule has 14 heavy (non-hydrogen) atoms. The van der Waals surface area contributed by atoms with E-state index in [2.05, 4.69) is 53.7 Å². The van der Waals surface area contributed by atoms with Crippen molar-refractivity contribution in [3.63, 3.8) is 0 Å². The molecule has 0 saturated carbocycles. The molecule has 0 nitrogen and oxygen atoms in total. The Labute approximate surface area is 90.8 Å². The van der Waals surface area contributed by atoms with Crippen LogP contribution in [-0.4, -0.2) is 0 Å². The number of hydrogen-bond acceptors (Lipinski definition) is 0. The highest BCUT2D eigenvalue weighted by atomic mass is 14.1. The van der Waals surface area contributed by atoms with Crippen LogP contribution in [0.4, 0.5) is 0 Å². The summed E-state index contributed by atoms with van der Waals surface area (Å²) in [5.41, 5.74) is 0. The van der Waals surface area contributed by atoms with Crippen molar-refractivity contribution in [2.45, 2.75) is 54.4 Å². The Hall–Kier alpha value is -0.260. The summed E-state index contributed by atoms with van der Waals surface area (Å²) < 4.78 is 0. The third kappa shape index (κ3) is 8.34. The molecule has 0 amide bonds. The molecule has 0 rings (SSSR count). The Kier molecular flexibility index (Phi) is 6.96. The minimum absolute atomic E-state index is 0.740. The maximum Gasteiger partial charge on any atom is -0.0259 e. The molecular weight excluding hydrogens is 168 g/mol. The topological polar surface area (TPSA) is 0 Å². The summed E-state index contributed by atoms with van der Waals surface area (Å²) in [7, 11) is 0. The second kappa shape index (κ2) is 7.09. The van der Waals surface area contributed by atoms with Gasteiger partial charge in [0.25, 0.3) is 0 Å². The van der Waals surface area contributed by atoms with Crippen molar-refractivity contribution < 1.29 is 0 Å². The van der Waals surface area contributed by atoms with E-state index in [4.69, 9.17) is 0 Å². The quantitative estimate of drug-likeness (QED) is 0.530. The Morgan fingerprint density at radius 1 is 0.643 bits per heavy atom. The summed E-state index contributed by atoms with van der Waals surface area (Å²) in [4.78, 5) is 0. The van der Waals surface area contributed by atoms with E-state index in [0.29, 0.717) is 0 Å². The second-order valence-electron chi connectivity index (χ2n) is 5.60. The van der Waals surface area contributed by atoms with Gasteiger partial charge in [-0.2, -0.15) is 0 Å². The third-order valence-corrected chi connectivity index (χ3v) is 2.45. The summed E-state index contributed by atoms with van der Waals surface area (Å²) in [6.07, 6.45) is 7.41. The molecule has 0 saturated heterocycles. The second-order valence-corrected chi connectivity index (χ2v) is 5.60. The molecule has 0 aromatic carbocycles. The van der Waals surface area contributed by atoms with Gasteiger partial charge in [0, 0.05) is 0 Å². The van der Waals surface area contributed by atoms with Gasteiger partial charge in [0.2, 0.25) is 0 Å². The lowest BCUT2D eigenvalue weighted by Crippen LogP contribution is -1.99. The molecular formula is C14H28. The SMILES string of the molecule is CC(C)CC(C)C=CC(C)CC(C)C. The molecule has 2 atom stereocenters. The monoisotopic (exact) mass is 196 g/mol. The minimum Gasteiger partial charge on any atom is -0.0854 e. The molecule has 0 bridgehead atoms. The molecule has 0 N–H and O–H groups in total. The Morgan fingerprint density at radius 2 is 0.929 bits per heavy atom. The van der Waals surface area contributed by atoms with Crippen LogP contribution in [0.1, 0.15) is 54.4 Å². The first-order valence-electron chi connectivity index (χ1n) is 6.10. The van der Waals surface area contributed by atoms with Gasteiger partial charge in [-0.15, -0.1) is 0 Å². The fourth-order valence-electron chi connectivity index (χ4n) is 2.02. The summed E-state index contributed by atoms with van der Waals surface area (Å²) in [6.45, 7) is 13.8. The number of hydrogen-bond donors (Lipinski definition) is 0. The molecule has 0 aliphatic rings. The normalized spacial score (nSPS) is 16.9. The van der Waals surface area contributed by atoms with Crippen LogP contribution in [0.25, 0.3) is 0 Å². The fraction of sp³-hybridized carbons (Fsp3) is 0.857. The molecule has 0 aliphatic heterocycles. The maximum atomic E-state index is 2.40. The summed E-state index contributed by atoms with van der Waals surface area (Å²) in [5.74, 6) is 3.11. The zero-order valence-corrected chi connectivity index (χ0v) is 10.9. The van der Waals surface area contributed by atoms with Crippen LogP contribution in [0.15, 0.2) is 12.2 Å². The van der Waals surface area contributed by atoms with Crippen molar-refractivity contribution >= 4 is 0 Å². The highest BCUT2D eigenvalue weighted by Crippen LogP contribution is 2.16. The third-order valence-electron chi connectivity index (χ3n) is 2.45. The summed E-state index contributed by atoms with van der Waals surface area (Å²) in [6, 6.07) is 0. The van der Waals surface area contributed by atoms with Crippen LogP contribution < -0.4 is 0 Å². The van der Waals surface area contributed by atoms with Crippen molar-refractivity contribution in [1.29, 1.82) is 0 Å². The van der Waals surface area contributed by atoms with Crippen LogP contribution in [0.5, 0.6) is 0 Å². The molecule has 0 aromatic heterocycles. The molecule has 0 fully saturated rings. The van der Waals surface area contributed by atoms with Gasteiger partial charge in [-0.05, 0) is 36.5 Å². The first-order chi connectivity index (χ1) is 6.41. The highest BCUT2D eigenvalue weighted by molar-refractivity contribution is 4.90. The van der Waals surface area contributed by atoms with Gasteiger partial charge < -0.3 is 0 Å². The van der Waals surface area contributed by atoms with Crippen LogP contribution in [0.3, 0.4) is 0 Å². The predicted octanol–water partition coefficient (Wildman–Crippen LogP) is 4.91. The van der Waals surface area contributed by atoms with Crippen LogP contribution >= 0.6 is 0 Å². The molecule has 84 valence electrons. The van der Waals surface area contributed by atoms with Gasteiger partial charge >= 0.3 is 0 Å². The standard InChI is InChI=1S/C14H28/c1-11(2)9-13(5)7-8-14(6)10-12(3)4/h7-8,11-14H,9-10H2,1-6H3. The van der Waals surface area contributed by atoms with Crippen molar-refractivity contribution in [3.8, 4) is 0 Å². The van der Waals surface area contributed by atoms with Crippen LogP contribution in [-0.2, 0) is 0 Å². The largest absolute Gasteiger partial charge is 0.0854 e. The average molecular weight is 196 g/mol. The summed E-state index contributed by atoms with van der Waals surface area (Å²) in [5, 5.41) is 0. The van der Waals surface area contributed by atoms with Gasteiger partial charge in [-0.25, -0.2) is 0 Å². The Morgan fingerprint density at radius 3 is 1.14 bits per heavy atom. The van der Waals surface area contributed by atoms with Crippen molar-refractivity contribution in [3.05, 3.63) is 12.2 Å². The van der Waals surface area contributed by atoms with Crippen molar-refractivity contribution in [1.82, 2.24) is 0 Å². The Bertz CT molecular complexity index is 135. The predicted molar refractivity (Wildman–Crippen MR) is 66.4 cm³/mol. The van der Waals surface area contributed by atoms with Gasteiger partial charge in [-0.3, -0.25) is 0 Å². The van der Waals surface area contributed by atoms with Gasteiger partial charge in [0.15, 0.2) is 0 Å². The zero-order valence-electron chi connectivity index (χ0n) is 10.9. The van der Waals surface area contributed by atoms with E-state index >= 15 is 0 Å². The highest BCUT2D eigenvalue weighted by Gasteiger charge is 2.03. The first-order valence-corrected chi connectivity index (χ1v) is 6.10. The number of rotatable bonds is 6. The molecule has 0 radical (unpaired) electrons. The lowest BCUT2D eigenvalue weighted by atomic mass is 9.94.